The largest absolute Gasteiger partial charge is 0.465 e. The standard InChI is InChI=1S/C21H28N2O5/c1-27-20(25)15-7-8-17(21(26)28-2)18(11-15)22-19(24)13-23-10-9-14-5-3-4-6-16(14)12-23/h7-8,11,14,16H,3-6,9-10,12-13H2,1-2H3,(H,22,24)/p+1/t14-,16-/m1/s1. The van der Waals surface area contributed by atoms with Crippen LogP contribution in [0.3, 0.4) is 0 Å². The van der Waals surface area contributed by atoms with Crippen molar-refractivity contribution in [3.8, 4) is 0 Å². The first kappa shape index (κ1) is 20.3. The van der Waals surface area contributed by atoms with Crippen LogP contribution < -0.4 is 10.2 Å². The lowest BCUT2D eigenvalue weighted by atomic mass is 9.75. The molecule has 0 bridgehead atoms. The van der Waals surface area contributed by atoms with Gasteiger partial charge >= 0.3 is 11.9 Å². The molecule has 7 heteroatoms. The summed E-state index contributed by atoms with van der Waals surface area (Å²) in [5.74, 6) is 0.275. The number of fused-ring (bicyclic) bond motifs is 1. The summed E-state index contributed by atoms with van der Waals surface area (Å²) in [6.07, 6.45) is 6.40. The maximum Gasteiger partial charge on any atom is 0.339 e. The van der Waals surface area contributed by atoms with Crippen LogP contribution in [0.2, 0.25) is 0 Å². The molecule has 1 heterocycles. The van der Waals surface area contributed by atoms with Gasteiger partial charge in [0.15, 0.2) is 6.54 Å². The zero-order valence-corrected chi connectivity index (χ0v) is 16.6. The van der Waals surface area contributed by atoms with Gasteiger partial charge in [-0.1, -0.05) is 12.8 Å². The number of quaternary nitrogens is 1. The molecule has 152 valence electrons. The molecule has 3 rings (SSSR count). The second-order valence-electron chi connectivity index (χ2n) is 7.77. The number of hydrogen-bond acceptors (Lipinski definition) is 5. The first-order valence-corrected chi connectivity index (χ1v) is 9.96. The predicted molar refractivity (Wildman–Crippen MR) is 103 cm³/mol. The second kappa shape index (κ2) is 9.19. The Labute approximate surface area is 165 Å². The number of carbonyl (C=O) groups is 3. The van der Waals surface area contributed by atoms with Gasteiger partial charge in [-0.2, -0.15) is 0 Å². The van der Waals surface area contributed by atoms with E-state index in [1.54, 1.807) is 0 Å². The number of amides is 1. The smallest absolute Gasteiger partial charge is 0.339 e. The van der Waals surface area contributed by atoms with Crippen LogP contribution in [0.5, 0.6) is 0 Å². The molecule has 1 saturated carbocycles. The maximum atomic E-state index is 12.7. The molecule has 1 aliphatic heterocycles. The minimum Gasteiger partial charge on any atom is -0.465 e. The van der Waals surface area contributed by atoms with Gasteiger partial charge in [0.2, 0.25) is 0 Å². The maximum absolute atomic E-state index is 12.7. The van der Waals surface area contributed by atoms with Gasteiger partial charge in [0, 0.05) is 5.92 Å². The van der Waals surface area contributed by atoms with Crippen molar-refractivity contribution in [2.24, 2.45) is 11.8 Å². The van der Waals surface area contributed by atoms with Crippen LogP contribution in [0.25, 0.3) is 0 Å². The summed E-state index contributed by atoms with van der Waals surface area (Å²) >= 11 is 0. The average Bonchev–Trinajstić information content (AvgIpc) is 2.72. The molecule has 7 nitrogen and oxygen atoms in total. The Morgan fingerprint density at radius 2 is 1.75 bits per heavy atom. The molecular weight excluding hydrogens is 360 g/mol. The Hall–Kier alpha value is -2.41. The fourth-order valence-electron chi connectivity index (χ4n) is 4.56. The van der Waals surface area contributed by atoms with Gasteiger partial charge in [0.05, 0.1) is 44.1 Å². The van der Waals surface area contributed by atoms with E-state index < -0.39 is 11.9 Å². The van der Waals surface area contributed by atoms with Crippen molar-refractivity contribution in [2.75, 3.05) is 39.2 Å². The summed E-state index contributed by atoms with van der Waals surface area (Å²) in [5, 5.41) is 2.80. The number of piperidine rings is 1. The Morgan fingerprint density at radius 3 is 2.46 bits per heavy atom. The number of carbonyl (C=O) groups excluding carboxylic acids is 3. The number of rotatable bonds is 5. The van der Waals surface area contributed by atoms with E-state index in [0.29, 0.717) is 6.54 Å². The summed E-state index contributed by atoms with van der Waals surface area (Å²) < 4.78 is 9.51. The van der Waals surface area contributed by atoms with Crippen molar-refractivity contribution < 1.29 is 28.8 Å². The van der Waals surface area contributed by atoms with Crippen molar-refractivity contribution in [1.29, 1.82) is 0 Å². The Morgan fingerprint density at radius 1 is 1.04 bits per heavy atom. The van der Waals surface area contributed by atoms with E-state index in [2.05, 4.69) is 5.32 Å². The van der Waals surface area contributed by atoms with Gasteiger partial charge in [0.25, 0.3) is 5.91 Å². The third-order valence-electron chi connectivity index (χ3n) is 6.02. The van der Waals surface area contributed by atoms with E-state index in [1.165, 1.54) is 69.4 Å². The van der Waals surface area contributed by atoms with Gasteiger partial charge in [-0.15, -0.1) is 0 Å². The van der Waals surface area contributed by atoms with Crippen molar-refractivity contribution in [1.82, 2.24) is 0 Å². The number of esters is 2. The highest BCUT2D eigenvalue weighted by molar-refractivity contribution is 6.03. The fraction of sp³-hybridized carbons (Fsp3) is 0.571. The van der Waals surface area contributed by atoms with E-state index in [0.717, 1.165) is 24.9 Å². The number of benzene rings is 1. The Bertz CT molecular complexity index is 748. The zero-order valence-electron chi connectivity index (χ0n) is 16.6. The third-order valence-corrected chi connectivity index (χ3v) is 6.02. The molecule has 0 radical (unpaired) electrons. The summed E-state index contributed by atoms with van der Waals surface area (Å²) in [6, 6.07) is 4.40. The van der Waals surface area contributed by atoms with Gasteiger partial charge in [-0.25, -0.2) is 9.59 Å². The molecule has 1 aliphatic carbocycles. The molecule has 1 aromatic carbocycles. The van der Waals surface area contributed by atoms with E-state index in [9.17, 15) is 14.4 Å². The highest BCUT2D eigenvalue weighted by Crippen LogP contribution is 2.32. The lowest BCUT2D eigenvalue weighted by Gasteiger charge is -2.38. The van der Waals surface area contributed by atoms with E-state index in [1.807, 2.05) is 0 Å². The molecule has 1 unspecified atom stereocenters. The van der Waals surface area contributed by atoms with Gasteiger partial charge < -0.3 is 19.7 Å². The lowest BCUT2D eigenvalue weighted by molar-refractivity contribution is -0.902. The topological polar surface area (TPSA) is 86.1 Å². The van der Waals surface area contributed by atoms with E-state index in [-0.39, 0.29) is 22.7 Å². The number of ether oxygens (including phenoxy) is 2. The van der Waals surface area contributed by atoms with Crippen molar-refractivity contribution >= 4 is 23.5 Å². The number of anilines is 1. The number of hydrogen-bond donors (Lipinski definition) is 2. The lowest BCUT2D eigenvalue weighted by Crippen LogP contribution is -3.15. The van der Waals surface area contributed by atoms with Crippen LogP contribution in [0.15, 0.2) is 18.2 Å². The minimum absolute atomic E-state index is 0.170. The summed E-state index contributed by atoms with van der Waals surface area (Å²) in [7, 11) is 2.56. The molecule has 28 heavy (non-hydrogen) atoms. The first-order valence-electron chi connectivity index (χ1n) is 9.96. The molecule has 2 N–H and O–H groups in total. The SMILES string of the molecule is COC(=O)c1ccc(C(=O)OC)c(NC(=O)C[NH+]2CC[C@H]3CCCC[C@@H]3C2)c1. The molecular formula is C21H29N2O5+. The fourth-order valence-corrected chi connectivity index (χ4v) is 4.56. The highest BCUT2D eigenvalue weighted by Gasteiger charge is 2.34. The molecule has 2 fully saturated rings. The van der Waals surface area contributed by atoms with Gasteiger partial charge in [-0.05, 0) is 43.4 Å². The minimum atomic E-state index is -0.568. The molecule has 0 spiro atoms. The van der Waals surface area contributed by atoms with Crippen LogP contribution in [-0.4, -0.2) is 51.7 Å². The normalized spacial score (nSPS) is 24.0. The molecule has 1 aromatic rings. The zero-order chi connectivity index (χ0) is 20.1. The van der Waals surface area contributed by atoms with Crippen LogP contribution >= 0.6 is 0 Å². The quantitative estimate of drug-likeness (QED) is 0.742. The molecule has 2 aliphatic rings. The Kier molecular flexibility index (Phi) is 6.67. The molecule has 1 saturated heterocycles. The van der Waals surface area contributed by atoms with E-state index >= 15 is 0 Å². The molecule has 3 atom stereocenters. The first-order chi connectivity index (χ1) is 13.5. The van der Waals surface area contributed by atoms with Crippen LogP contribution in [-0.2, 0) is 14.3 Å². The van der Waals surface area contributed by atoms with E-state index in [4.69, 9.17) is 9.47 Å². The number of likely N-dealkylation sites (tertiary alicyclic amines) is 1. The second-order valence-corrected chi connectivity index (χ2v) is 7.77. The van der Waals surface area contributed by atoms with Crippen molar-refractivity contribution in [2.45, 2.75) is 32.1 Å². The highest BCUT2D eigenvalue weighted by atomic mass is 16.5. The van der Waals surface area contributed by atoms with Crippen LogP contribution in [0.1, 0.15) is 52.8 Å². The molecule has 1 amide bonds. The number of nitrogens with one attached hydrogen (secondary N) is 2. The summed E-state index contributed by atoms with van der Waals surface area (Å²) in [6.45, 7) is 2.39. The summed E-state index contributed by atoms with van der Waals surface area (Å²) in [5.41, 5.74) is 0.747. The average molecular weight is 389 g/mol. The molecule has 0 aromatic heterocycles. The monoisotopic (exact) mass is 389 g/mol. The third kappa shape index (κ3) is 4.70. The van der Waals surface area contributed by atoms with Crippen LogP contribution in [0, 0.1) is 11.8 Å². The van der Waals surface area contributed by atoms with Crippen LogP contribution in [0.4, 0.5) is 5.69 Å². The predicted octanol–water partition coefficient (Wildman–Crippen LogP) is 1.29. The van der Waals surface area contributed by atoms with Gasteiger partial charge in [0.1, 0.15) is 0 Å². The van der Waals surface area contributed by atoms with Crippen molar-refractivity contribution in [3.05, 3.63) is 29.3 Å². The van der Waals surface area contributed by atoms with Gasteiger partial charge in [-0.3, -0.25) is 4.79 Å². The Balaban J connectivity index is 1.68. The van der Waals surface area contributed by atoms with Crippen molar-refractivity contribution in [3.63, 3.8) is 0 Å². The number of methoxy groups -OCH3 is 2. The summed E-state index contributed by atoms with van der Waals surface area (Å²) in [4.78, 5) is 37.8.